The molecule has 1 heterocycles. The molecule has 1 rings (SSSR count). The number of rotatable bonds is 8. The highest BCUT2D eigenvalue weighted by atomic mass is 28.4. The number of nitrogens with zero attached hydrogens (tertiary/aromatic N) is 1. The van der Waals surface area contributed by atoms with Crippen LogP contribution >= 0.6 is 0 Å². The van der Waals surface area contributed by atoms with E-state index < -0.39 is 14.7 Å². The number of nitrogens with two attached hydrogens (primary N) is 1. The normalized spacial score (nSPS) is 20.1. The van der Waals surface area contributed by atoms with Crippen LogP contribution in [0.15, 0.2) is 0 Å². The summed E-state index contributed by atoms with van der Waals surface area (Å²) in [6, 6.07) is 0.627. The van der Waals surface area contributed by atoms with Gasteiger partial charge in [-0.05, 0) is 6.42 Å². The number of primary amides is 1. The van der Waals surface area contributed by atoms with Crippen molar-refractivity contribution in [1.82, 2.24) is 4.90 Å². The van der Waals surface area contributed by atoms with Gasteiger partial charge in [-0.25, -0.2) is 0 Å². The van der Waals surface area contributed by atoms with E-state index in [1.54, 1.807) is 26.2 Å². The highest BCUT2D eigenvalue weighted by Gasteiger charge is 2.38. The monoisotopic (exact) mass is 290 g/mol. The van der Waals surface area contributed by atoms with Crippen LogP contribution in [0.4, 0.5) is 0 Å². The van der Waals surface area contributed by atoms with Gasteiger partial charge in [0.25, 0.3) is 0 Å². The van der Waals surface area contributed by atoms with Crippen molar-refractivity contribution in [1.29, 1.82) is 0 Å². The van der Waals surface area contributed by atoms with Gasteiger partial charge in [-0.15, -0.1) is 0 Å². The topological polar surface area (TPSA) is 91.1 Å². The second-order valence-corrected chi connectivity index (χ2v) is 7.63. The molecular formula is C11H22N2O5Si. The summed E-state index contributed by atoms with van der Waals surface area (Å²) in [5.41, 5.74) is 5.21. The Balaban J connectivity index is 2.41. The standard InChI is InChI=1S/C11H22N2O5Si/c1-16-19(17-2,18-3)6-4-5-13-8-9(11(12)15)7-10(13)14/h9H,4-8H2,1-3H3,(H2,12,15). The van der Waals surface area contributed by atoms with Crippen molar-refractivity contribution in [3.63, 3.8) is 0 Å². The van der Waals surface area contributed by atoms with Gasteiger partial charge in [-0.3, -0.25) is 9.59 Å². The van der Waals surface area contributed by atoms with E-state index in [1.807, 2.05) is 0 Å². The Labute approximate surface area is 114 Å². The summed E-state index contributed by atoms with van der Waals surface area (Å²) in [4.78, 5) is 24.4. The molecule has 2 N–H and O–H groups in total. The molecular weight excluding hydrogens is 268 g/mol. The lowest BCUT2D eigenvalue weighted by Gasteiger charge is -2.25. The first-order chi connectivity index (χ1) is 8.98. The van der Waals surface area contributed by atoms with Gasteiger partial charge in [0.2, 0.25) is 11.8 Å². The third-order valence-corrected chi connectivity index (χ3v) is 6.29. The van der Waals surface area contributed by atoms with Gasteiger partial charge >= 0.3 is 8.80 Å². The van der Waals surface area contributed by atoms with Gasteiger partial charge in [0.05, 0.1) is 5.92 Å². The average Bonchev–Trinajstić information content (AvgIpc) is 2.77. The van der Waals surface area contributed by atoms with Crippen molar-refractivity contribution in [2.75, 3.05) is 34.4 Å². The molecule has 1 saturated heterocycles. The van der Waals surface area contributed by atoms with E-state index in [9.17, 15) is 9.59 Å². The minimum atomic E-state index is -2.58. The lowest BCUT2D eigenvalue weighted by molar-refractivity contribution is -0.128. The maximum atomic E-state index is 11.7. The fourth-order valence-corrected chi connectivity index (χ4v) is 3.92. The lowest BCUT2D eigenvalue weighted by atomic mass is 10.1. The summed E-state index contributed by atoms with van der Waals surface area (Å²) < 4.78 is 15.9. The molecule has 1 atom stereocenters. The molecule has 110 valence electrons. The molecule has 0 aromatic carbocycles. The number of amides is 2. The Morgan fingerprint density at radius 3 is 2.37 bits per heavy atom. The van der Waals surface area contributed by atoms with Crippen LogP contribution in [0.25, 0.3) is 0 Å². The predicted octanol–water partition coefficient (Wildman–Crippen LogP) is -0.412. The zero-order valence-electron chi connectivity index (χ0n) is 11.7. The summed E-state index contributed by atoms with van der Waals surface area (Å²) in [6.45, 7) is 0.975. The Morgan fingerprint density at radius 2 is 1.95 bits per heavy atom. The Morgan fingerprint density at radius 1 is 1.37 bits per heavy atom. The molecule has 0 spiro atoms. The predicted molar refractivity (Wildman–Crippen MR) is 70.1 cm³/mol. The zero-order valence-corrected chi connectivity index (χ0v) is 12.7. The Hall–Kier alpha value is -0.963. The first-order valence-corrected chi connectivity index (χ1v) is 8.13. The number of carbonyl (C=O) groups is 2. The van der Waals surface area contributed by atoms with E-state index in [2.05, 4.69) is 0 Å². The number of hydrogen-bond donors (Lipinski definition) is 1. The molecule has 19 heavy (non-hydrogen) atoms. The molecule has 8 heteroatoms. The molecule has 1 unspecified atom stereocenters. The minimum Gasteiger partial charge on any atom is -0.377 e. The fourth-order valence-electron chi connectivity index (χ4n) is 2.22. The van der Waals surface area contributed by atoms with Gasteiger partial charge in [-0.2, -0.15) is 0 Å². The van der Waals surface area contributed by atoms with Crippen LogP contribution in [-0.4, -0.2) is 59.9 Å². The van der Waals surface area contributed by atoms with Crippen LogP contribution in [0.5, 0.6) is 0 Å². The summed E-state index contributed by atoms with van der Waals surface area (Å²) in [5.74, 6) is -0.796. The summed E-state index contributed by atoms with van der Waals surface area (Å²) >= 11 is 0. The maximum absolute atomic E-state index is 11.7. The number of carbonyl (C=O) groups excluding carboxylic acids is 2. The van der Waals surface area contributed by atoms with E-state index in [0.29, 0.717) is 25.6 Å². The molecule has 0 aromatic heterocycles. The van der Waals surface area contributed by atoms with Gasteiger partial charge in [0.1, 0.15) is 0 Å². The number of hydrogen-bond acceptors (Lipinski definition) is 5. The van der Waals surface area contributed by atoms with Crippen LogP contribution in [-0.2, 0) is 22.9 Å². The van der Waals surface area contributed by atoms with Crippen molar-refractivity contribution in [2.45, 2.75) is 18.9 Å². The summed E-state index contributed by atoms with van der Waals surface area (Å²) in [6.07, 6.45) is 0.926. The fraction of sp³-hybridized carbons (Fsp3) is 0.818. The van der Waals surface area contributed by atoms with Crippen molar-refractivity contribution in [3.8, 4) is 0 Å². The first-order valence-electron chi connectivity index (χ1n) is 6.20. The molecule has 1 fully saturated rings. The third-order valence-electron chi connectivity index (χ3n) is 3.46. The Kier molecular flexibility index (Phi) is 5.92. The van der Waals surface area contributed by atoms with E-state index in [-0.39, 0.29) is 18.2 Å². The maximum Gasteiger partial charge on any atom is 0.500 e. The van der Waals surface area contributed by atoms with Crippen LogP contribution < -0.4 is 5.73 Å². The van der Waals surface area contributed by atoms with Crippen molar-refractivity contribution in [3.05, 3.63) is 0 Å². The van der Waals surface area contributed by atoms with Crippen molar-refractivity contribution >= 4 is 20.6 Å². The SMILES string of the molecule is CO[Si](CCCN1CC(C(N)=O)CC1=O)(OC)OC. The molecule has 0 aromatic rings. The van der Waals surface area contributed by atoms with Crippen LogP contribution in [0.1, 0.15) is 12.8 Å². The molecule has 7 nitrogen and oxygen atoms in total. The molecule has 0 bridgehead atoms. The lowest BCUT2D eigenvalue weighted by Crippen LogP contribution is -2.43. The van der Waals surface area contributed by atoms with Crippen LogP contribution in [0.2, 0.25) is 6.04 Å². The summed E-state index contributed by atoms with van der Waals surface area (Å²) in [5, 5.41) is 0. The molecule has 1 aliphatic rings. The Bertz CT molecular complexity index is 327. The highest BCUT2D eigenvalue weighted by Crippen LogP contribution is 2.20. The summed E-state index contributed by atoms with van der Waals surface area (Å²) in [7, 11) is 2.10. The number of likely N-dealkylation sites (tertiary alicyclic amines) is 1. The van der Waals surface area contributed by atoms with E-state index >= 15 is 0 Å². The van der Waals surface area contributed by atoms with Crippen LogP contribution in [0, 0.1) is 5.92 Å². The molecule has 0 aliphatic carbocycles. The minimum absolute atomic E-state index is 0.0247. The van der Waals surface area contributed by atoms with Gasteiger partial charge in [0.15, 0.2) is 0 Å². The van der Waals surface area contributed by atoms with Gasteiger partial charge in [0, 0.05) is 46.9 Å². The molecule has 0 saturated carbocycles. The van der Waals surface area contributed by atoms with E-state index in [1.165, 1.54) is 0 Å². The molecule has 2 amide bonds. The molecule has 0 radical (unpaired) electrons. The zero-order chi connectivity index (χ0) is 14.5. The quantitative estimate of drug-likeness (QED) is 0.614. The van der Waals surface area contributed by atoms with Gasteiger partial charge in [-0.1, -0.05) is 0 Å². The first kappa shape index (κ1) is 16.1. The van der Waals surface area contributed by atoms with Crippen molar-refractivity contribution < 1.29 is 22.9 Å². The average molecular weight is 290 g/mol. The van der Waals surface area contributed by atoms with Gasteiger partial charge < -0.3 is 23.9 Å². The van der Waals surface area contributed by atoms with Crippen LogP contribution in [0.3, 0.4) is 0 Å². The third kappa shape index (κ3) is 4.00. The van der Waals surface area contributed by atoms with E-state index in [4.69, 9.17) is 19.0 Å². The van der Waals surface area contributed by atoms with E-state index in [0.717, 1.165) is 0 Å². The highest BCUT2D eigenvalue weighted by molar-refractivity contribution is 6.60. The second-order valence-electron chi connectivity index (χ2n) is 4.54. The second kappa shape index (κ2) is 6.99. The van der Waals surface area contributed by atoms with Crippen molar-refractivity contribution in [2.24, 2.45) is 11.7 Å². The smallest absolute Gasteiger partial charge is 0.377 e. The largest absolute Gasteiger partial charge is 0.500 e. The molecule has 1 aliphatic heterocycles.